The van der Waals surface area contributed by atoms with E-state index in [0.29, 0.717) is 44.9 Å². The summed E-state index contributed by atoms with van der Waals surface area (Å²) in [5, 5.41) is 9.59. The van der Waals surface area contributed by atoms with Crippen molar-refractivity contribution in [2.75, 3.05) is 7.11 Å². The number of nitrogens with zero attached hydrogens (tertiary/aromatic N) is 7. The molecule has 16 heteroatoms. The highest BCUT2D eigenvalue weighted by Gasteiger charge is 2.21. The van der Waals surface area contributed by atoms with Gasteiger partial charge in [-0.05, 0) is 60.7 Å². The van der Waals surface area contributed by atoms with Crippen LogP contribution in [0.2, 0.25) is 0 Å². The first kappa shape index (κ1) is 36.0. The van der Waals surface area contributed by atoms with Crippen molar-refractivity contribution in [1.29, 1.82) is 0 Å². The number of benzene rings is 2. The molecule has 2 aromatic carbocycles. The molecule has 6 rings (SSSR count). The number of aliphatic hydroxyl groups excluding tert-OH is 1. The van der Waals surface area contributed by atoms with Gasteiger partial charge >= 0.3 is 11.4 Å². The molecule has 1 aliphatic heterocycles. The van der Waals surface area contributed by atoms with Gasteiger partial charge in [0.05, 0.1) is 30.4 Å². The van der Waals surface area contributed by atoms with Crippen molar-refractivity contribution in [3.8, 4) is 5.75 Å². The zero-order chi connectivity index (χ0) is 34.6. The van der Waals surface area contributed by atoms with Gasteiger partial charge in [0.2, 0.25) is 0 Å². The molecule has 248 valence electrons. The Morgan fingerprint density at radius 1 is 0.830 bits per heavy atom. The number of imidazole rings is 1. The topological polar surface area (TPSA) is 148 Å². The molecule has 0 radical (unpaired) electrons. The molecule has 0 saturated heterocycles. The third-order valence-corrected chi connectivity index (χ3v) is 9.09. The van der Waals surface area contributed by atoms with Crippen molar-refractivity contribution in [3.05, 3.63) is 117 Å². The second kappa shape index (κ2) is 15.4. The van der Waals surface area contributed by atoms with E-state index >= 15 is 0 Å². The SMILES string of the molecule is COc1cccc(Cn2c(Br)nc3c2c(=O)n(C)c(=O)n3C)c1.Cn1c2c(c(=O)n(C)c1=O)CC(Br)=N2.OCc1cccc(CBr)c1. The predicted octanol–water partition coefficient (Wildman–Crippen LogP) is 3.39. The van der Waals surface area contributed by atoms with Crippen LogP contribution in [0.5, 0.6) is 5.75 Å². The predicted molar refractivity (Wildman–Crippen MR) is 192 cm³/mol. The summed E-state index contributed by atoms with van der Waals surface area (Å²) in [5.41, 5.74) is 3.05. The normalized spacial score (nSPS) is 11.7. The summed E-state index contributed by atoms with van der Waals surface area (Å²) in [6.45, 7) is 0.558. The monoisotopic (exact) mass is 835 g/mol. The molecule has 1 N–H and O–H groups in total. The van der Waals surface area contributed by atoms with E-state index in [1.54, 1.807) is 25.8 Å². The van der Waals surface area contributed by atoms with E-state index in [1.807, 2.05) is 48.5 Å². The number of aliphatic imine (C=N–C) groups is 1. The fourth-order valence-corrected chi connectivity index (χ4v) is 6.10. The van der Waals surface area contributed by atoms with Crippen molar-refractivity contribution in [1.82, 2.24) is 27.8 Å². The molecule has 1 aliphatic rings. The Morgan fingerprint density at radius 3 is 2.11 bits per heavy atom. The van der Waals surface area contributed by atoms with Gasteiger partial charge < -0.3 is 14.4 Å². The van der Waals surface area contributed by atoms with Gasteiger partial charge in [-0.1, -0.05) is 52.3 Å². The molecule has 0 fully saturated rings. The number of alkyl halides is 1. The van der Waals surface area contributed by atoms with Gasteiger partial charge in [0.15, 0.2) is 15.9 Å². The van der Waals surface area contributed by atoms with Gasteiger partial charge in [-0.15, -0.1) is 0 Å². The summed E-state index contributed by atoms with van der Waals surface area (Å²) in [4.78, 5) is 56.0. The van der Waals surface area contributed by atoms with E-state index in [1.165, 1.54) is 28.8 Å². The van der Waals surface area contributed by atoms with Crippen molar-refractivity contribution in [3.63, 3.8) is 0 Å². The molecule has 0 saturated carbocycles. The average molecular weight is 838 g/mol. The van der Waals surface area contributed by atoms with Crippen LogP contribution < -0.4 is 27.2 Å². The van der Waals surface area contributed by atoms with E-state index in [-0.39, 0.29) is 23.4 Å². The molecule has 0 bridgehead atoms. The van der Waals surface area contributed by atoms with E-state index in [0.717, 1.165) is 31.3 Å². The minimum atomic E-state index is -0.402. The van der Waals surface area contributed by atoms with Gasteiger partial charge in [-0.3, -0.25) is 27.9 Å². The summed E-state index contributed by atoms with van der Waals surface area (Å²) >= 11 is 9.94. The quantitative estimate of drug-likeness (QED) is 0.211. The average Bonchev–Trinajstić information content (AvgIpc) is 3.64. The number of rotatable bonds is 5. The summed E-state index contributed by atoms with van der Waals surface area (Å²) < 4.78 is 13.1. The Labute approximate surface area is 293 Å². The zero-order valence-electron chi connectivity index (χ0n) is 26.2. The highest BCUT2D eigenvalue weighted by atomic mass is 79.9. The van der Waals surface area contributed by atoms with Gasteiger partial charge in [-0.2, -0.15) is 0 Å². The van der Waals surface area contributed by atoms with Crippen LogP contribution in [0.4, 0.5) is 5.82 Å². The molecule has 0 atom stereocenters. The molecule has 0 unspecified atom stereocenters. The van der Waals surface area contributed by atoms with E-state index in [9.17, 15) is 19.2 Å². The van der Waals surface area contributed by atoms with Crippen molar-refractivity contribution < 1.29 is 9.84 Å². The molecular formula is C31H32Br3N7O6. The van der Waals surface area contributed by atoms with E-state index < -0.39 is 5.69 Å². The molecule has 0 aliphatic carbocycles. The number of hydrogen-bond acceptors (Lipinski definition) is 8. The van der Waals surface area contributed by atoms with Crippen LogP contribution in [0.3, 0.4) is 0 Å². The molecule has 5 aromatic rings. The molecule has 47 heavy (non-hydrogen) atoms. The Hall–Kier alpha value is -3.86. The van der Waals surface area contributed by atoms with Crippen LogP contribution in [-0.4, -0.2) is 44.7 Å². The van der Waals surface area contributed by atoms with Crippen LogP contribution in [0.1, 0.15) is 22.3 Å². The number of aryl methyl sites for hydroxylation is 1. The highest BCUT2D eigenvalue weighted by molar-refractivity contribution is 9.18. The van der Waals surface area contributed by atoms with E-state index in [2.05, 4.69) is 57.8 Å². The van der Waals surface area contributed by atoms with Crippen molar-refractivity contribution >= 4 is 69.4 Å². The Bertz CT molecular complexity index is 2210. The molecule has 13 nitrogen and oxygen atoms in total. The molecule has 4 heterocycles. The number of methoxy groups -OCH3 is 1. The van der Waals surface area contributed by atoms with Crippen molar-refractivity contribution in [2.45, 2.75) is 24.9 Å². The summed E-state index contributed by atoms with van der Waals surface area (Å²) in [5.74, 6) is 1.20. The molecule has 0 amide bonds. The van der Waals surface area contributed by atoms with Gasteiger partial charge in [0, 0.05) is 39.9 Å². The number of aliphatic hydroxyl groups is 1. The van der Waals surface area contributed by atoms with E-state index in [4.69, 9.17) is 9.84 Å². The van der Waals surface area contributed by atoms with Crippen molar-refractivity contribution in [2.24, 2.45) is 33.2 Å². The first-order valence-electron chi connectivity index (χ1n) is 14.0. The second-order valence-electron chi connectivity index (χ2n) is 10.5. The maximum absolute atomic E-state index is 12.5. The van der Waals surface area contributed by atoms with Gasteiger partial charge in [-0.25, -0.2) is 19.6 Å². The lowest BCUT2D eigenvalue weighted by molar-refractivity contribution is 0.282. The minimum absolute atomic E-state index is 0.126. The standard InChI is InChI=1S/C15H15BrN4O3.C8H8BrN3O2.C8H9BrO/c1-18-12-11(13(21)19(2)15(18)22)20(14(16)17-12)8-9-5-4-6-10(7-9)23-3;1-11-6-4(3-5(9)10-6)7(13)12(2)8(11)14;9-5-7-2-1-3-8(4-7)6-10/h4-7H,8H2,1-3H3;3H2,1-2H3;1-4,10H,5-6H2. The number of hydrogen-bond donors (Lipinski definition) is 1. The largest absolute Gasteiger partial charge is 0.497 e. The Balaban J connectivity index is 0.000000177. The highest BCUT2D eigenvalue weighted by Crippen LogP contribution is 2.23. The van der Waals surface area contributed by atoms with Gasteiger partial charge in [0.1, 0.15) is 11.6 Å². The molecule has 3 aromatic heterocycles. The lowest BCUT2D eigenvalue weighted by atomic mass is 10.1. The van der Waals surface area contributed by atoms with Crippen LogP contribution in [0, 0.1) is 0 Å². The first-order valence-corrected chi connectivity index (χ1v) is 16.7. The third kappa shape index (κ3) is 7.66. The number of fused-ring (bicyclic) bond motifs is 2. The maximum Gasteiger partial charge on any atom is 0.332 e. The van der Waals surface area contributed by atoms with Gasteiger partial charge in [0.25, 0.3) is 11.1 Å². The number of aromatic nitrogens is 6. The van der Waals surface area contributed by atoms with Crippen LogP contribution in [0.15, 0.2) is 77.4 Å². The Morgan fingerprint density at radius 2 is 1.45 bits per heavy atom. The fourth-order valence-electron chi connectivity index (χ4n) is 4.83. The lowest BCUT2D eigenvalue weighted by Crippen LogP contribution is -2.38. The second-order valence-corrected chi connectivity index (χ2v) is 12.7. The summed E-state index contributed by atoms with van der Waals surface area (Å²) in [6, 6.07) is 15.4. The number of halogens is 3. The van der Waals surface area contributed by atoms with Crippen LogP contribution >= 0.6 is 47.8 Å². The van der Waals surface area contributed by atoms with Crippen LogP contribution in [-0.2, 0) is 53.1 Å². The molecular weight excluding hydrogens is 806 g/mol. The van der Waals surface area contributed by atoms with Crippen LogP contribution in [0.25, 0.3) is 11.2 Å². The Kier molecular flexibility index (Phi) is 11.8. The smallest absolute Gasteiger partial charge is 0.332 e. The molecule has 0 spiro atoms. The zero-order valence-corrected chi connectivity index (χ0v) is 31.0. The summed E-state index contributed by atoms with van der Waals surface area (Å²) in [7, 11) is 7.74. The fraction of sp³-hybridized carbons (Fsp3) is 0.290. The first-order chi connectivity index (χ1) is 22.3. The number of ether oxygens (including phenoxy) is 1. The lowest BCUT2D eigenvalue weighted by Gasteiger charge is -2.08. The summed E-state index contributed by atoms with van der Waals surface area (Å²) in [6.07, 6.45) is 0.468. The minimum Gasteiger partial charge on any atom is -0.497 e. The maximum atomic E-state index is 12.5. The third-order valence-electron chi connectivity index (χ3n) is 7.38.